The number of sulfonamides is 1. The lowest BCUT2D eigenvalue weighted by molar-refractivity contribution is -0.121. The molecule has 28 heavy (non-hydrogen) atoms. The maximum atomic E-state index is 12.8. The molecule has 0 unspecified atom stereocenters. The molecular formula is C18H19N5O4S. The Hall–Kier alpha value is -2.59. The minimum atomic E-state index is -3.62. The fourth-order valence-electron chi connectivity index (χ4n) is 3.60. The number of amides is 2. The highest BCUT2D eigenvalue weighted by Gasteiger charge is 2.39. The van der Waals surface area contributed by atoms with Crippen molar-refractivity contribution in [2.45, 2.75) is 42.5 Å². The third-order valence-electron chi connectivity index (χ3n) is 5.51. The van der Waals surface area contributed by atoms with Gasteiger partial charge in [0.1, 0.15) is 0 Å². The minimum absolute atomic E-state index is 0.00566. The zero-order valence-corrected chi connectivity index (χ0v) is 15.9. The summed E-state index contributed by atoms with van der Waals surface area (Å²) in [5, 5.41) is 8.31. The van der Waals surface area contributed by atoms with Gasteiger partial charge in [-0.3, -0.25) is 14.5 Å². The van der Waals surface area contributed by atoms with E-state index in [9.17, 15) is 18.0 Å². The maximum Gasteiger partial charge on any atom is 0.243 e. The largest absolute Gasteiger partial charge is 0.274 e. The number of hydrogen-bond acceptors (Lipinski definition) is 6. The Morgan fingerprint density at radius 2 is 1.61 bits per heavy atom. The topological polar surface area (TPSA) is 105 Å². The smallest absolute Gasteiger partial charge is 0.243 e. The van der Waals surface area contributed by atoms with Gasteiger partial charge >= 0.3 is 0 Å². The number of aromatic nitrogens is 3. The van der Waals surface area contributed by atoms with Crippen molar-refractivity contribution in [3.05, 3.63) is 36.2 Å². The van der Waals surface area contributed by atoms with Crippen molar-refractivity contribution in [3.8, 4) is 0 Å². The SMILES string of the molecule is O=C1CCC(=O)N1c1ccc(S(=O)(=O)N2CC(n3cc(C4CC4)nn3)C2)cc1. The van der Waals surface area contributed by atoms with Gasteiger partial charge < -0.3 is 0 Å². The summed E-state index contributed by atoms with van der Waals surface area (Å²) < 4.78 is 28.8. The predicted octanol–water partition coefficient (Wildman–Crippen LogP) is 1.05. The van der Waals surface area contributed by atoms with Gasteiger partial charge in [-0.05, 0) is 37.1 Å². The summed E-state index contributed by atoms with van der Waals surface area (Å²) in [6.07, 6.45) is 4.60. The Morgan fingerprint density at radius 1 is 0.964 bits per heavy atom. The normalized spacial score (nSPS) is 21.4. The van der Waals surface area contributed by atoms with Gasteiger partial charge in [0.2, 0.25) is 21.8 Å². The van der Waals surface area contributed by atoms with Gasteiger partial charge in [0, 0.05) is 38.0 Å². The number of rotatable bonds is 5. The quantitative estimate of drug-likeness (QED) is 0.694. The van der Waals surface area contributed by atoms with Crippen molar-refractivity contribution in [1.82, 2.24) is 19.3 Å². The van der Waals surface area contributed by atoms with Gasteiger partial charge in [-0.15, -0.1) is 5.10 Å². The summed E-state index contributed by atoms with van der Waals surface area (Å²) in [5.41, 5.74) is 1.39. The first-order valence-corrected chi connectivity index (χ1v) is 10.8. The fraction of sp³-hybridized carbons (Fsp3) is 0.444. The van der Waals surface area contributed by atoms with Crippen molar-refractivity contribution >= 4 is 27.5 Å². The molecule has 2 amide bonds. The average Bonchev–Trinajstić information content (AvgIpc) is 3.28. The molecule has 2 aliphatic heterocycles. The van der Waals surface area contributed by atoms with Gasteiger partial charge in [0.05, 0.1) is 22.3 Å². The molecule has 0 radical (unpaired) electrons. The molecule has 3 aliphatic rings. The van der Waals surface area contributed by atoms with E-state index in [0.29, 0.717) is 24.7 Å². The molecule has 0 atom stereocenters. The zero-order valence-electron chi connectivity index (χ0n) is 15.1. The lowest BCUT2D eigenvalue weighted by Gasteiger charge is -2.37. The van der Waals surface area contributed by atoms with Crippen LogP contribution in [0.4, 0.5) is 5.69 Å². The van der Waals surface area contributed by atoms with Gasteiger partial charge in [-0.2, -0.15) is 4.31 Å². The van der Waals surface area contributed by atoms with Crippen molar-refractivity contribution in [2.75, 3.05) is 18.0 Å². The molecule has 0 bridgehead atoms. The van der Waals surface area contributed by atoms with Crippen LogP contribution < -0.4 is 4.90 Å². The first-order valence-electron chi connectivity index (χ1n) is 9.31. The summed E-state index contributed by atoms with van der Waals surface area (Å²) in [7, 11) is -3.62. The molecule has 1 aromatic carbocycles. The number of imide groups is 1. The van der Waals surface area contributed by atoms with E-state index in [-0.39, 0.29) is 35.6 Å². The molecule has 10 heteroatoms. The molecule has 2 aromatic rings. The highest BCUT2D eigenvalue weighted by Crippen LogP contribution is 2.39. The molecule has 146 valence electrons. The number of anilines is 1. The summed E-state index contributed by atoms with van der Waals surface area (Å²) in [4.78, 5) is 24.9. The first-order chi connectivity index (χ1) is 13.4. The number of nitrogens with zero attached hydrogens (tertiary/aromatic N) is 5. The number of hydrogen-bond donors (Lipinski definition) is 0. The molecule has 3 fully saturated rings. The molecule has 9 nitrogen and oxygen atoms in total. The molecule has 3 heterocycles. The Balaban J connectivity index is 1.28. The standard InChI is InChI=1S/C18H19N5O4S/c24-17-7-8-18(25)23(17)13-3-5-15(6-4-13)28(26,27)21-9-14(10-21)22-11-16(19-20-22)12-1-2-12/h3-6,11-12,14H,1-2,7-10H2. The van der Waals surface area contributed by atoms with E-state index < -0.39 is 10.0 Å². The number of carbonyl (C=O) groups is 2. The zero-order chi connectivity index (χ0) is 19.5. The molecule has 5 rings (SSSR count). The number of benzene rings is 1. The molecule has 1 saturated carbocycles. The second-order valence-corrected chi connectivity index (χ2v) is 9.43. The van der Waals surface area contributed by atoms with Gasteiger partial charge in [-0.1, -0.05) is 5.21 Å². The van der Waals surface area contributed by atoms with Crippen LogP contribution in [0.15, 0.2) is 35.4 Å². The summed E-state index contributed by atoms with van der Waals surface area (Å²) in [6, 6.07) is 5.89. The van der Waals surface area contributed by atoms with Crippen molar-refractivity contribution in [3.63, 3.8) is 0 Å². The molecule has 0 spiro atoms. The first kappa shape index (κ1) is 17.5. The lowest BCUT2D eigenvalue weighted by atomic mass is 10.2. The fourth-order valence-corrected chi connectivity index (χ4v) is 5.11. The number of carbonyl (C=O) groups excluding carboxylic acids is 2. The van der Waals surface area contributed by atoms with E-state index in [1.54, 1.807) is 4.68 Å². The molecule has 1 aromatic heterocycles. The monoisotopic (exact) mass is 401 g/mol. The Bertz CT molecular complexity index is 1040. The van der Waals surface area contributed by atoms with E-state index in [2.05, 4.69) is 10.3 Å². The summed E-state index contributed by atoms with van der Waals surface area (Å²) in [6.45, 7) is 0.696. The molecular weight excluding hydrogens is 382 g/mol. The second-order valence-electron chi connectivity index (χ2n) is 7.49. The summed E-state index contributed by atoms with van der Waals surface area (Å²) in [5.74, 6) is -0.00395. The van der Waals surface area contributed by atoms with Crippen LogP contribution in [0.2, 0.25) is 0 Å². The Labute approximate surface area is 162 Å². The second kappa shape index (κ2) is 6.21. The molecule has 1 aliphatic carbocycles. The van der Waals surface area contributed by atoms with E-state index in [0.717, 1.165) is 23.4 Å². The third-order valence-corrected chi connectivity index (χ3v) is 7.36. The maximum absolute atomic E-state index is 12.8. The van der Waals surface area contributed by atoms with Crippen LogP contribution in [0, 0.1) is 0 Å². The van der Waals surface area contributed by atoms with Crippen molar-refractivity contribution < 1.29 is 18.0 Å². The van der Waals surface area contributed by atoms with Crippen LogP contribution in [0.5, 0.6) is 0 Å². The highest BCUT2D eigenvalue weighted by atomic mass is 32.2. The van der Waals surface area contributed by atoms with Crippen LogP contribution >= 0.6 is 0 Å². The van der Waals surface area contributed by atoms with Crippen LogP contribution in [0.3, 0.4) is 0 Å². The van der Waals surface area contributed by atoms with Crippen LogP contribution in [-0.4, -0.2) is 52.6 Å². The van der Waals surface area contributed by atoms with E-state index in [1.807, 2.05) is 6.20 Å². The average molecular weight is 401 g/mol. The molecule has 0 N–H and O–H groups in total. The predicted molar refractivity (Wildman–Crippen MR) is 98.0 cm³/mol. The Kier molecular flexibility index (Phi) is 3.88. The van der Waals surface area contributed by atoms with E-state index in [1.165, 1.54) is 28.6 Å². The minimum Gasteiger partial charge on any atom is -0.274 e. The van der Waals surface area contributed by atoms with Gasteiger partial charge in [0.15, 0.2) is 0 Å². The van der Waals surface area contributed by atoms with E-state index >= 15 is 0 Å². The van der Waals surface area contributed by atoms with Gasteiger partial charge in [-0.25, -0.2) is 13.1 Å². The Morgan fingerprint density at radius 3 is 2.21 bits per heavy atom. The molecule has 2 saturated heterocycles. The van der Waals surface area contributed by atoms with Crippen molar-refractivity contribution in [1.29, 1.82) is 0 Å². The third kappa shape index (κ3) is 2.83. The lowest BCUT2D eigenvalue weighted by Crippen LogP contribution is -2.50. The highest BCUT2D eigenvalue weighted by molar-refractivity contribution is 7.89. The van der Waals surface area contributed by atoms with Crippen molar-refractivity contribution in [2.24, 2.45) is 0 Å². The van der Waals surface area contributed by atoms with E-state index in [4.69, 9.17) is 0 Å². The van der Waals surface area contributed by atoms with Crippen LogP contribution in [0.25, 0.3) is 0 Å². The van der Waals surface area contributed by atoms with Gasteiger partial charge in [0.25, 0.3) is 0 Å². The van der Waals surface area contributed by atoms with Crippen LogP contribution in [-0.2, 0) is 19.6 Å². The van der Waals surface area contributed by atoms with Crippen LogP contribution in [0.1, 0.15) is 43.3 Å². The summed E-state index contributed by atoms with van der Waals surface area (Å²) >= 11 is 0.